The second kappa shape index (κ2) is 7.59. The predicted molar refractivity (Wildman–Crippen MR) is 76.6 cm³/mol. The minimum Gasteiger partial charge on any atom is -0.434 e. The second-order valence-corrected chi connectivity index (χ2v) is 4.58. The van der Waals surface area contributed by atoms with Crippen LogP contribution in [0.25, 0.3) is 0 Å². The van der Waals surface area contributed by atoms with E-state index in [9.17, 15) is 0 Å². The van der Waals surface area contributed by atoms with Gasteiger partial charge in [0.1, 0.15) is 0 Å². The highest BCUT2D eigenvalue weighted by Gasteiger charge is 2.03. The van der Waals surface area contributed by atoms with Crippen LogP contribution in [-0.4, -0.2) is 26.5 Å². The summed E-state index contributed by atoms with van der Waals surface area (Å²) in [6.45, 7) is 6.84. The number of aryl methyl sites for hydroxylation is 1. The predicted octanol–water partition coefficient (Wildman–Crippen LogP) is 2.38. The Hall–Kier alpha value is -1.95. The van der Waals surface area contributed by atoms with Crippen molar-refractivity contribution in [2.75, 3.05) is 6.54 Å². The Morgan fingerprint density at radius 2 is 2.10 bits per heavy atom. The molecule has 0 spiro atoms. The van der Waals surface area contributed by atoms with E-state index >= 15 is 0 Å². The van der Waals surface area contributed by atoms with Crippen LogP contribution in [0.5, 0.6) is 11.6 Å². The molecule has 6 heteroatoms. The maximum atomic E-state index is 5.61. The lowest BCUT2D eigenvalue weighted by atomic mass is 10.3. The molecule has 0 amide bonds. The second-order valence-electron chi connectivity index (χ2n) is 4.58. The third kappa shape index (κ3) is 4.31. The van der Waals surface area contributed by atoms with Crippen LogP contribution in [0, 0.1) is 0 Å². The van der Waals surface area contributed by atoms with E-state index < -0.39 is 0 Å². The Balaban J connectivity index is 1.89. The summed E-state index contributed by atoms with van der Waals surface area (Å²) in [6.07, 6.45) is 5.70. The van der Waals surface area contributed by atoms with Crippen LogP contribution in [0.1, 0.15) is 32.4 Å². The highest BCUT2D eigenvalue weighted by molar-refractivity contribution is 5.21. The first kappa shape index (κ1) is 14.5. The van der Waals surface area contributed by atoms with E-state index in [1.165, 1.54) is 0 Å². The maximum absolute atomic E-state index is 5.61. The van der Waals surface area contributed by atoms with Crippen molar-refractivity contribution in [3.8, 4) is 11.6 Å². The van der Waals surface area contributed by atoms with E-state index in [1.54, 1.807) is 6.20 Å². The molecule has 0 radical (unpaired) electrons. The average molecular weight is 275 g/mol. The Kier molecular flexibility index (Phi) is 5.49. The van der Waals surface area contributed by atoms with Crippen LogP contribution in [0.15, 0.2) is 24.5 Å². The molecule has 0 saturated heterocycles. The number of ether oxygens (including phenoxy) is 1. The third-order valence-corrected chi connectivity index (χ3v) is 2.71. The Bertz CT molecular complexity index is 509. The molecule has 2 aromatic heterocycles. The van der Waals surface area contributed by atoms with Gasteiger partial charge in [-0.25, -0.2) is 0 Å². The van der Waals surface area contributed by atoms with Gasteiger partial charge in [0.15, 0.2) is 5.75 Å². The Morgan fingerprint density at radius 3 is 2.80 bits per heavy atom. The molecule has 0 atom stereocenters. The third-order valence-electron chi connectivity index (χ3n) is 2.71. The Morgan fingerprint density at radius 1 is 1.20 bits per heavy atom. The fraction of sp³-hybridized carbons (Fsp3) is 0.500. The molecule has 6 nitrogen and oxygen atoms in total. The number of hydrogen-bond acceptors (Lipinski definition) is 5. The van der Waals surface area contributed by atoms with Crippen molar-refractivity contribution in [2.24, 2.45) is 0 Å². The number of nitrogens with one attached hydrogen (secondary N) is 1. The molecular weight excluding hydrogens is 254 g/mol. The Labute approximate surface area is 119 Å². The summed E-state index contributed by atoms with van der Waals surface area (Å²) in [5.41, 5.74) is 0.910. The molecule has 0 aromatic carbocycles. The molecule has 2 rings (SSSR count). The lowest BCUT2D eigenvalue weighted by Gasteiger charge is -2.03. The zero-order valence-electron chi connectivity index (χ0n) is 12.0. The zero-order valence-corrected chi connectivity index (χ0v) is 12.0. The fourth-order valence-corrected chi connectivity index (χ4v) is 1.76. The summed E-state index contributed by atoms with van der Waals surface area (Å²) in [4.78, 5) is 0. The molecule has 0 unspecified atom stereocenters. The van der Waals surface area contributed by atoms with Crippen molar-refractivity contribution in [1.29, 1.82) is 0 Å². The van der Waals surface area contributed by atoms with E-state index in [2.05, 4.69) is 34.5 Å². The maximum Gasteiger partial charge on any atom is 0.239 e. The van der Waals surface area contributed by atoms with E-state index in [-0.39, 0.29) is 0 Å². The topological polar surface area (TPSA) is 64.9 Å². The first-order chi connectivity index (χ1) is 9.81. The van der Waals surface area contributed by atoms with Crippen molar-refractivity contribution < 1.29 is 4.74 Å². The van der Waals surface area contributed by atoms with Crippen molar-refractivity contribution in [2.45, 2.75) is 39.8 Å². The zero-order chi connectivity index (χ0) is 14.2. The monoisotopic (exact) mass is 275 g/mol. The molecule has 0 aliphatic heterocycles. The highest BCUT2D eigenvalue weighted by atomic mass is 16.5. The standard InChI is InChI=1S/C14H21N5O/c1-3-7-15-9-12-5-6-14(18-17-12)20-13-10-16-19(11-13)8-4-2/h5-6,10-11,15H,3-4,7-9H2,1-2H3. The molecule has 0 aliphatic carbocycles. The molecule has 0 bridgehead atoms. The van der Waals surface area contributed by atoms with Gasteiger partial charge in [-0.15, -0.1) is 5.10 Å². The van der Waals surface area contributed by atoms with Gasteiger partial charge in [0.2, 0.25) is 5.88 Å². The van der Waals surface area contributed by atoms with Crippen LogP contribution >= 0.6 is 0 Å². The van der Waals surface area contributed by atoms with Gasteiger partial charge in [0.25, 0.3) is 0 Å². The van der Waals surface area contributed by atoms with Crippen molar-refractivity contribution in [3.63, 3.8) is 0 Å². The van der Waals surface area contributed by atoms with Crippen molar-refractivity contribution in [3.05, 3.63) is 30.2 Å². The summed E-state index contributed by atoms with van der Waals surface area (Å²) in [6, 6.07) is 3.74. The lowest BCUT2D eigenvalue weighted by molar-refractivity contribution is 0.451. The summed E-state index contributed by atoms with van der Waals surface area (Å²) in [7, 11) is 0. The van der Waals surface area contributed by atoms with E-state index in [4.69, 9.17) is 4.74 Å². The van der Waals surface area contributed by atoms with Gasteiger partial charge >= 0.3 is 0 Å². The molecular formula is C14H21N5O. The smallest absolute Gasteiger partial charge is 0.239 e. The summed E-state index contributed by atoms with van der Waals surface area (Å²) >= 11 is 0. The largest absolute Gasteiger partial charge is 0.434 e. The minimum atomic E-state index is 0.486. The molecule has 0 fully saturated rings. The van der Waals surface area contributed by atoms with Crippen LogP contribution in [0.2, 0.25) is 0 Å². The quantitative estimate of drug-likeness (QED) is 0.749. The lowest BCUT2D eigenvalue weighted by Crippen LogP contribution is -2.15. The van der Waals surface area contributed by atoms with Gasteiger partial charge in [-0.3, -0.25) is 4.68 Å². The highest BCUT2D eigenvalue weighted by Crippen LogP contribution is 2.17. The normalized spacial score (nSPS) is 10.7. The molecule has 0 saturated carbocycles. The molecule has 0 aliphatic rings. The van der Waals surface area contributed by atoms with Crippen molar-refractivity contribution >= 4 is 0 Å². The molecule has 20 heavy (non-hydrogen) atoms. The van der Waals surface area contributed by atoms with Gasteiger partial charge < -0.3 is 10.1 Å². The van der Waals surface area contributed by atoms with Gasteiger partial charge in [0.05, 0.1) is 18.1 Å². The van der Waals surface area contributed by atoms with Gasteiger partial charge in [-0.05, 0) is 25.5 Å². The summed E-state index contributed by atoms with van der Waals surface area (Å²) in [5, 5.41) is 15.7. The van der Waals surface area contributed by atoms with Gasteiger partial charge in [0, 0.05) is 19.2 Å². The van der Waals surface area contributed by atoms with Crippen molar-refractivity contribution in [1.82, 2.24) is 25.3 Å². The van der Waals surface area contributed by atoms with Crippen LogP contribution in [0.3, 0.4) is 0 Å². The number of aromatic nitrogens is 4. The fourth-order valence-electron chi connectivity index (χ4n) is 1.76. The first-order valence-corrected chi connectivity index (χ1v) is 7.05. The van der Waals surface area contributed by atoms with Gasteiger partial charge in [-0.1, -0.05) is 13.8 Å². The molecule has 2 aromatic rings. The summed E-state index contributed by atoms with van der Waals surface area (Å²) in [5.74, 6) is 1.17. The first-order valence-electron chi connectivity index (χ1n) is 7.05. The SMILES string of the molecule is CCCNCc1ccc(Oc2cnn(CCC)c2)nn1. The van der Waals surface area contributed by atoms with Crippen LogP contribution in [0.4, 0.5) is 0 Å². The minimum absolute atomic E-state index is 0.486. The average Bonchev–Trinajstić information content (AvgIpc) is 2.89. The summed E-state index contributed by atoms with van der Waals surface area (Å²) < 4.78 is 7.46. The molecule has 2 heterocycles. The number of hydrogen-bond donors (Lipinski definition) is 1. The van der Waals surface area contributed by atoms with Gasteiger partial charge in [-0.2, -0.15) is 10.2 Å². The molecule has 1 N–H and O–H groups in total. The number of rotatable bonds is 8. The number of nitrogens with zero attached hydrogens (tertiary/aromatic N) is 4. The van der Waals surface area contributed by atoms with E-state index in [0.29, 0.717) is 11.6 Å². The van der Waals surface area contributed by atoms with E-state index in [0.717, 1.165) is 38.2 Å². The molecule has 108 valence electrons. The van der Waals surface area contributed by atoms with Crippen LogP contribution in [-0.2, 0) is 13.1 Å². The van der Waals surface area contributed by atoms with E-state index in [1.807, 2.05) is 23.0 Å². The van der Waals surface area contributed by atoms with Crippen LogP contribution < -0.4 is 10.1 Å².